The lowest BCUT2D eigenvalue weighted by molar-refractivity contribution is -0.139. The molecule has 1 heterocycles. The summed E-state index contributed by atoms with van der Waals surface area (Å²) in [6, 6.07) is 57.2. The predicted octanol–water partition coefficient (Wildman–Crippen LogP) is 10.8. The van der Waals surface area contributed by atoms with Gasteiger partial charge in [0.2, 0.25) is 5.75 Å². The van der Waals surface area contributed by atoms with Crippen molar-refractivity contribution in [1.82, 2.24) is 0 Å². The Kier molecular flexibility index (Phi) is 12.7. The monoisotopic (exact) mass is 784 g/mol. The average Bonchev–Trinajstić information content (AvgIpc) is 3.29. The second-order valence-electron chi connectivity index (χ2n) is 14.1. The van der Waals surface area contributed by atoms with E-state index in [-0.39, 0.29) is 19.8 Å². The summed E-state index contributed by atoms with van der Waals surface area (Å²) in [5, 5.41) is 0. The van der Waals surface area contributed by atoms with Crippen LogP contribution in [0.15, 0.2) is 176 Å². The number of carbonyl (C=O) groups is 1. The predicted molar refractivity (Wildman–Crippen MR) is 225 cm³/mol. The fourth-order valence-electron chi connectivity index (χ4n) is 6.90. The van der Waals surface area contributed by atoms with Crippen LogP contribution in [0.5, 0.6) is 34.5 Å². The first-order valence-electron chi connectivity index (χ1n) is 19.6. The summed E-state index contributed by atoms with van der Waals surface area (Å²) in [6.07, 6.45) is -1.18. The van der Waals surface area contributed by atoms with E-state index < -0.39 is 12.2 Å². The van der Waals surface area contributed by atoms with Gasteiger partial charge in [0.15, 0.2) is 17.6 Å². The van der Waals surface area contributed by atoms with Gasteiger partial charge in [0.1, 0.15) is 56.4 Å². The molecule has 8 heteroatoms. The van der Waals surface area contributed by atoms with Crippen LogP contribution in [-0.4, -0.2) is 12.6 Å². The topological polar surface area (TPSA) is 81.7 Å². The number of ether oxygens (including phenoxy) is 7. The Balaban J connectivity index is 1.18. The third-order valence-electron chi connectivity index (χ3n) is 9.93. The van der Waals surface area contributed by atoms with E-state index in [4.69, 9.17) is 33.2 Å². The van der Waals surface area contributed by atoms with Gasteiger partial charge in [-0.15, -0.1) is 0 Å². The summed E-state index contributed by atoms with van der Waals surface area (Å²) in [6.45, 7) is 1.98. The molecule has 59 heavy (non-hydrogen) atoms. The summed E-state index contributed by atoms with van der Waals surface area (Å²) >= 11 is 0. The van der Waals surface area contributed by atoms with Gasteiger partial charge < -0.3 is 33.2 Å². The first-order chi connectivity index (χ1) is 29.2. The Morgan fingerprint density at radius 3 is 1.32 bits per heavy atom. The highest BCUT2D eigenvalue weighted by molar-refractivity contribution is 5.57. The molecule has 0 aliphatic carbocycles. The number of hydrogen-bond donors (Lipinski definition) is 0. The van der Waals surface area contributed by atoms with E-state index in [0.29, 0.717) is 66.2 Å². The number of rotatable bonds is 18. The van der Waals surface area contributed by atoms with Crippen LogP contribution in [0.4, 0.5) is 0 Å². The Morgan fingerprint density at radius 1 is 0.475 bits per heavy atom. The first kappa shape index (κ1) is 38.7. The standard InChI is InChI=1S/C51H44O8/c52-36-58-49-30-44-45(54-32-38-18-8-2-9-19-38)28-43(53-31-37-16-6-1-7-17-37)29-46(44)59-50(49)42-26-47(55-33-39-20-10-3-11-21-39)51(57-35-41-24-14-5-15-25-41)48(27-42)56-34-40-22-12-4-13-23-40/h1-29,36,49-50H,30-35H2/t49-,50+/m0/s1. The Morgan fingerprint density at radius 2 is 0.881 bits per heavy atom. The lowest BCUT2D eigenvalue weighted by Crippen LogP contribution is -2.33. The number of carbonyl (C=O) groups excluding carboxylic acids is 1. The van der Waals surface area contributed by atoms with E-state index in [9.17, 15) is 4.79 Å². The summed E-state index contributed by atoms with van der Waals surface area (Å²) in [7, 11) is 0. The van der Waals surface area contributed by atoms with Crippen LogP contribution in [0, 0.1) is 0 Å². The molecule has 8 nitrogen and oxygen atoms in total. The molecule has 0 radical (unpaired) electrons. The molecule has 8 rings (SSSR count). The smallest absolute Gasteiger partial charge is 0.293 e. The molecule has 1 aliphatic heterocycles. The summed E-state index contributed by atoms with van der Waals surface area (Å²) in [5.74, 6) is 3.07. The molecule has 7 aromatic carbocycles. The van der Waals surface area contributed by atoms with Gasteiger partial charge in [-0.1, -0.05) is 152 Å². The molecule has 0 aromatic heterocycles. The zero-order chi connectivity index (χ0) is 40.1. The summed E-state index contributed by atoms with van der Waals surface area (Å²) in [5.41, 5.74) is 6.41. The molecule has 1 aliphatic rings. The van der Waals surface area contributed by atoms with Crippen LogP contribution in [-0.2, 0) is 49.0 Å². The molecule has 0 saturated carbocycles. The summed E-state index contributed by atoms with van der Waals surface area (Å²) in [4.78, 5) is 12.2. The minimum atomic E-state index is -0.764. The number of benzene rings is 7. The van der Waals surface area contributed by atoms with E-state index in [0.717, 1.165) is 33.4 Å². The zero-order valence-electron chi connectivity index (χ0n) is 32.5. The number of hydrogen-bond acceptors (Lipinski definition) is 8. The first-order valence-corrected chi connectivity index (χ1v) is 19.6. The molecule has 0 saturated heterocycles. The molecule has 0 bridgehead atoms. The third-order valence-corrected chi connectivity index (χ3v) is 9.93. The lowest BCUT2D eigenvalue weighted by Gasteiger charge is -2.34. The van der Waals surface area contributed by atoms with E-state index >= 15 is 0 Å². The van der Waals surface area contributed by atoms with Gasteiger partial charge in [-0.25, -0.2) is 0 Å². The molecule has 0 unspecified atom stereocenters. The SMILES string of the molecule is O=CO[C@H]1Cc2c(OCc3ccccc3)cc(OCc3ccccc3)cc2O[C@@H]1c1cc(OCc2ccccc2)c(OCc2ccccc2)c(OCc2ccccc2)c1. The average molecular weight is 785 g/mol. The van der Waals surface area contributed by atoms with Crippen molar-refractivity contribution in [2.24, 2.45) is 0 Å². The number of fused-ring (bicyclic) bond motifs is 1. The van der Waals surface area contributed by atoms with Crippen molar-refractivity contribution in [2.75, 3.05) is 0 Å². The van der Waals surface area contributed by atoms with Crippen LogP contribution in [0.2, 0.25) is 0 Å². The molecule has 0 amide bonds. The van der Waals surface area contributed by atoms with Crippen LogP contribution < -0.4 is 28.4 Å². The minimum absolute atomic E-state index is 0.275. The van der Waals surface area contributed by atoms with E-state index in [1.165, 1.54) is 0 Å². The lowest BCUT2D eigenvalue weighted by atomic mass is 9.93. The molecule has 0 spiro atoms. The van der Waals surface area contributed by atoms with Crippen molar-refractivity contribution in [3.8, 4) is 34.5 Å². The van der Waals surface area contributed by atoms with Gasteiger partial charge in [0.05, 0.1) is 0 Å². The van der Waals surface area contributed by atoms with Crippen molar-refractivity contribution < 1.29 is 38.0 Å². The molecular weight excluding hydrogens is 741 g/mol. The summed E-state index contributed by atoms with van der Waals surface area (Å²) < 4.78 is 45.2. The highest BCUT2D eigenvalue weighted by atomic mass is 16.6. The van der Waals surface area contributed by atoms with Gasteiger partial charge in [0, 0.05) is 29.7 Å². The van der Waals surface area contributed by atoms with Gasteiger partial charge in [-0.3, -0.25) is 4.79 Å². The zero-order valence-corrected chi connectivity index (χ0v) is 32.5. The molecule has 0 N–H and O–H groups in total. The van der Waals surface area contributed by atoms with Crippen molar-refractivity contribution in [3.63, 3.8) is 0 Å². The third kappa shape index (κ3) is 10.2. The maximum atomic E-state index is 12.2. The largest absolute Gasteiger partial charge is 0.489 e. The fraction of sp³-hybridized carbons (Fsp3) is 0.157. The molecule has 2 atom stereocenters. The maximum absolute atomic E-state index is 12.2. The minimum Gasteiger partial charge on any atom is -0.489 e. The van der Waals surface area contributed by atoms with Crippen LogP contribution in [0.3, 0.4) is 0 Å². The highest BCUT2D eigenvalue weighted by Gasteiger charge is 2.37. The van der Waals surface area contributed by atoms with Crippen molar-refractivity contribution >= 4 is 6.47 Å². The van der Waals surface area contributed by atoms with Gasteiger partial charge in [0.25, 0.3) is 6.47 Å². The van der Waals surface area contributed by atoms with Crippen molar-refractivity contribution in [2.45, 2.75) is 51.7 Å². The quantitative estimate of drug-likeness (QED) is 0.0796. The Bertz CT molecular complexity index is 2330. The van der Waals surface area contributed by atoms with E-state index in [1.807, 2.05) is 176 Å². The molecule has 7 aromatic rings. The van der Waals surface area contributed by atoms with E-state index in [2.05, 4.69) is 0 Å². The van der Waals surface area contributed by atoms with Gasteiger partial charge in [-0.05, 0) is 39.9 Å². The molecular formula is C51H44O8. The van der Waals surface area contributed by atoms with Gasteiger partial charge >= 0.3 is 0 Å². The Labute approximate surface area is 344 Å². The molecule has 296 valence electrons. The van der Waals surface area contributed by atoms with Crippen LogP contribution in [0.25, 0.3) is 0 Å². The van der Waals surface area contributed by atoms with Crippen LogP contribution in [0.1, 0.15) is 45.0 Å². The van der Waals surface area contributed by atoms with Gasteiger partial charge in [-0.2, -0.15) is 0 Å². The highest BCUT2D eigenvalue weighted by Crippen LogP contribution is 2.47. The van der Waals surface area contributed by atoms with Crippen LogP contribution >= 0.6 is 0 Å². The Hall–Kier alpha value is -7.19. The van der Waals surface area contributed by atoms with Crippen molar-refractivity contribution in [3.05, 3.63) is 215 Å². The fourth-order valence-corrected chi connectivity index (χ4v) is 6.90. The maximum Gasteiger partial charge on any atom is 0.293 e. The second kappa shape index (κ2) is 19.3. The van der Waals surface area contributed by atoms with Crippen molar-refractivity contribution in [1.29, 1.82) is 0 Å². The van der Waals surface area contributed by atoms with E-state index in [1.54, 1.807) is 0 Å². The second-order valence-corrected chi connectivity index (χ2v) is 14.1. The normalized spacial score (nSPS) is 14.2. The molecule has 0 fully saturated rings.